The molecule has 10 heteroatoms. The summed E-state index contributed by atoms with van der Waals surface area (Å²) >= 11 is 0. The molecule has 0 N–H and O–H groups in total. The van der Waals surface area contributed by atoms with E-state index in [-0.39, 0.29) is 24.1 Å². The topological polar surface area (TPSA) is 99.0 Å². The van der Waals surface area contributed by atoms with Crippen LogP contribution in [-0.4, -0.2) is 71.7 Å². The lowest BCUT2D eigenvalue weighted by Crippen LogP contribution is -2.48. The Bertz CT molecular complexity index is 1490. The summed E-state index contributed by atoms with van der Waals surface area (Å²) in [5.41, 5.74) is 4.17. The summed E-state index contributed by atoms with van der Waals surface area (Å²) in [6.07, 6.45) is 0. The molecule has 1 fully saturated rings. The first kappa shape index (κ1) is 27.7. The second kappa shape index (κ2) is 12.5. The molecule has 0 unspecified atom stereocenters. The molecule has 212 valence electrons. The van der Waals surface area contributed by atoms with Crippen LogP contribution in [0.4, 0.5) is 5.69 Å². The highest BCUT2D eigenvalue weighted by Gasteiger charge is 2.24. The first-order chi connectivity index (χ1) is 19.9. The molecule has 41 heavy (non-hydrogen) atoms. The molecule has 0 saturated carbocycles. The second-order valence-electron chi connectivity index (χ2n) is 9.64. The van der Waals surface area contributed by atoms with Gasteiger partial charge in [0.2, 0.25) is 11.6 Å². The van der Waals surface area contributed by atoms with E-state index in [2.05, 4.69) is 33.4 Å². The van der Waals surface area contributed by atoms with Crippen molar-refractivity contribution in [2.45, 2.75) is 20.4 Å². The maximum Gasteiger partial charge on any atom is 0.364 e. The van der Waals surface area contributed by atoms with E-state index in [4.69, 9.17) is 14.2 Å². The third kappa shape index (κ3) is 6.49. The number of aromatic nitrogens is 3. The van der Waals surface area contributed by atoms with Gasteiger partial charge < -0.3 is 24.0 Å². The van der Waals surface area contributed by atoms with E-state index in [1.165, 1.54) is 4.68 Å². The smallest absolute Gasteiger partial charge is 0.364 e. The van der Waals surface area contributed by atoms with E-state index in [9.17, 15) is 9.59 Å². The number of benzene rings is 3. The molecule has 3 aromatic carbocycles. The molecule has 4 aromatic rings. The van der Waals surface area contributed by atoms with Gasteiger partial charge in [-0.2, -0.15) is 0 Å². The van der Waals surface area contributed by atoms with E-state index in [0.717, 1.165) is 54.3 Å². The van der Waals surface area contributed by atoms with Gasteiger partial charge in [-0.3, -0.25) is 4.79 Å². The fraction of sp³-hybridized carbons (Fsp3) is 0.290. The molecule has 10 nitrogen and oxygen atoms in total. The maximum atomic E-state index is 12.6. The lowest BCUT2D eigenvalue weighted by molar-refractivity contribution is -0.129. The Labute approximate surface area is 239 Å². The molecule has 1 saturated heterocycles. The van der Waals surface area contributed by atoms with Crippen LogP contribution in [0.15, 0.2) is 72.8 Å². The van der Waals surface area contributed by atoms with E-state index in [1.807, 2.05) is 59.5 Å². The number of carbonyl (C=O) groups excluding carboxylic acids is 2. The van der Waals surface area contributed by atoms with Crippen LogP contribution in [0.1, 0.15) is 29.9 Å². The minimum atomic E-state index is -0.596. The number of esters is 1. The van der Waals surface area contributed by atoms with Crippen LogP contribution in [0.25, 0.3) is 11.1 Å². The number of ether oxygens (including phenoxy) is 3. The lowest BCUT2D eigenvalue weighted by atomic mass is 10.0. The Morgan fingerprint density at radius 3 is 2.24 bits per heavy atom. The van der Waals surface area contributed by atoms with Gasteiger partial charge in [-0.15, -0.1) is 5.10 Å². The molecule has 1 aliphatic rings. The number of hydrogen-bond donors (Lipinski definition) is 0. The van der Waals surface area contributed by atoms with Crippen molar-refractivity contribution in [1.82, 2.24) is 19.9 Å². The van der Waals surface area contributed by atoms with Gasteiger partial charge in [-0.1, -0.05) is 41.6 Å². The summed E-state index contributed by atoms with van der Waals surface area (Å²) in [6, 6.07) is 23.6. The van der Waals surface area contributed by atoms with Crippen LogP contribution in [0, 0.1) is 0 Å². The summed E-state index contributed by atoms with van der Waals surface area (Å²) in [4.78, 5) is 28.5. The number of methoxy groups -OCH3 is 1. The zero-order valence-corrected chi connectivity index (χ0v) is 23.4. The number of carbonyl (C=O) groups is 2. The Balaban J connectivity index is 1.34. The van der Waals surface area contributed by atoms with Crippen LogP contribution >= 0.6 is 0 Å². The maximum absolute atomic E-state index is 12.6. The summed E-state index contributed by atoms with van der Waals surface area (Å²) < 4.78 is 18.1. The standard InChI is InChI=1S/C31H33N5O5/c1-4-40-31(38)29-30(36(33-32-29)21-23-8-12-27(39-3)13-9-23)41-28-14-10-24(11-15-28)25-6-5-7-26(20-25)35-18-16-34(17-19-35)22(2)37/h5-15,20H,4,16-19,21H2,1-3H3. The molecule has 1 aromatic heterocycles. The lowest BCUT2D eigenvalue weighted by Gasteiger charge is -2.35. The van der Waals surface area contributed by atoms with Crippen molar-refractivity contribution in [1.29, 1.82) is 0 Å². The van der Waals surface area contributed by atoms with E-state index in [1.54, 1.807) is 21.0 Å². The molecular formula is C31H33N5O5. The zero-order valence-electron chi connectivity index (χ0n) is 23.4. The normalized spacial score (nSPS) is 13.1. The van der Waals surface area contributed by atoms with Crippen LogP contribution in [0.3, 0.4) is 0 Å². The number of rotatable bonds is 9. The molecule has 0 atom stereocenters. The molecule has 1 aliphatic heterocycles. The Morgan fingerprint density at radius 2 is 1.59 bits per heavy atom. The monoisotopic (exact) mass is 555 g/mol. The van der Waals surface area contributed by atoms with Gasteiger partial charge in [-0.25, -0.2) is 9.48 Å². The Hall–Kier alpha value is -4.86. The number of hydrogen-bond acceptors (Lipinski definition) is 8. The Kier molecular flexibility index (Phi) is 8.47. The summed E-state index contributed by atoms with van der Waals surface area (Å²) in [5, 5.41) is 8.23. The number of nitrogens with zero attached hydrogens (tertiary/aromatic N) is 5. The van der Waals surface area contributed by atoms with Crippen LogP contribution in [-0.2, 0) is 16.1 Å². The van der Waals surface area contributed by atoms with E-state index < -0.39 is 5.97 Å². The third-order valence-electron chi connectivity index (χ3n) is 6.99. The molecule has 0 spiro atoms. The minimum Gasteiger partial charge on any atom is -0.497 e. The fourth-order valence-electron chi connectivity index (χ4n) is 4.73. The predicted molar refractivity (Wildman–Crippen MR) is 154 cm³/mol. The zero-order chi connectivity index (χ0) is 28.8. The average molecular weight is 556 g/mol. The highest BCUT2D eigenvalue weighted by atomic mass is 16.5. The number of anilines is 1. The fourth-order valence-corrected chi connectivity index (χ4v) is 4.73. The minimum absolute atomic E-state index is 0.0157. The second-order valence-corrected chi connectivity index (χ2v) is 9.64. The molecule has 0 aliphatic carbocycles. The van der Waals surface area contributed by atoms with Crippen molar-refractivity contribution in [3.63, 3.8) is 0 Å². The molecule has 5 rings (SSSR count). The van der Waals surface area contributed by atoms with Gasteiger partial charge >= 0.3 is 5.97 Å². The van der Waals surface area contributed by atoms with E-state index >= 15 is 0 Å². The highest BCUT2D eigenvalue weighted by Crippen LogP contribution is 2.30. The van der Waals surface area contributed by atoms with Crippen molar-refractivity contribution < 1.29 is 23.8 Å². The predicted octanol–water partition coefficient (Wildman–Crippen LogP) is 4.64. The molecule has 1 amide bonds. The summed E-state index contributed by atoms with van der Waals surface area (Å²) in [5.74, 6) is 1.01. The SMILES string of the molecule is CCOC(=O)c1nnn(Cc2ccc(OC)cc2)c1Oc1ccc(-c2cccc(N3CCN(C(C)=O)CC3)c2)cc1. The van der Waals surface area contributed by atoms with Crippen LogP contribution in [0.2, 0.25) is 0 Å². The van der Waals surface area contributed by atoms with Crippen molar-refractivity contribution >= 4 is 17.6 Å². The van der Waals surface area contributed by atoms with E-state index in [0.29, 0.717) is 12.3 Å². The van der Waals surface area contributed by atoms with Gasteiger partial charge in [0.25, 0.3) is 5.88 Å². The largest absolute Gasteiger partial charge is 0.497 e. The van der Waals surface area contributed by atoms with Gasteiger partial charge in [0, 0.05) is 38.8 Å². The Morgan fingerprint density at radius 1 is 0.878 bits per heavy atom. The van der Waals surface area contributed by atoms with Gasteiger partial charge in [0.05, 0.1) is 20.3 Å². The first-order valence-electron chi connectivity index (χ1n) is 13.6. The van der Waals surface area contributed by atoms with Crippen LogP contribution < -0.4 is 14.4 Å². The van der Waals surface area contributed by atoms with Crippen LogP contribution in [0.5, 0.6) is 17.4 Å². The van der Waals surface area contributed by atoms with Gasteiger partial charge in [0.15, 0.2) is 0 Å². The van der Waals surface area contributed by atoms with Crippen molar-refractivity contribution in [2.75, 3.05) is 44.8 Å². The van der Waals surface area contributed by atoms with Crippen molar-refractivity contribution in [2.24, 2.45) is 0 Å². The quantitative estimate of drug-likeness (QED) is 0.276. The van der Waals surface area contributed by atoms with Gasteiger partial charge in [0.1, 0.15) is 11.5 Å². The molecule has 0 bridgehead atoms. The first-order valence-corrected chi connectivity index (χ1v) is 13.6. The number of amides is 1. The van der Waals surface area contributed by atoms with Crippen molar-refractivity contribution in [3.05, 3.63) is 84.1 Å². The summed E-state index contributed by atoms with van der Waals surface area (Å²) in [7, 11) is 1.62. The third-order valence-corrected chi connectivity index (χ3v) is 6.99. The molecule has 2 heterocycles. The molecular weight excluding hydrogens is 522 g/mol. The highest BCUT2D eigenvalue weighted by molar-refractivity contribution is 5.89. The molecule has 0 radical (unpaired) electrons. The number of piperazine rings is 1. The van der Waals surface area contributed by atoms with Crippen molar-refractivity contribution in [3.8, 4) is 28.5 Å². The summed E-state index contributed by atoms with van der Waals surface area (Å²) in [6.45, 7) is 6.97. The average Bonchev–Trinajstić information content (AvgIpc) is 3.40. The van der Waals surface area contributed by atoms with Gasteiger partial charge in [-0.05, 0) is 60.0 Å².